The third-order valence-electron chi connectivity index (χ3n) is 3.73. The molecule has 23 heavy (non-hydrogen) atoms. The van der Waals surface area contributed by atoms with Gasteiger partial charge in [-0.3, -0.25) is 9.69 Å². The average molecular weight is 314 g/mol. The predicted octanol–water partition coefficient (Wildman–Crippen LogP) is 1.09. The first-order chi connectivity index (χ1) is 11.2. The standard InChI is InChI=1S/C16H18N4O3/c21-15(18-7-6-12-4-2-1-3-5-12)14-10-23-16(22)20(14)9-13-8-17-11-19-13/h1-5,8,11,14H,6-7,9-10H2,(H,17,19)(H,18,21)/t14-/m0/s1. The highest BCUT2D eigenvalue weighted by Gasteiger charge is 2.38. The molecule has 120 valence electrons. The molecule has 2 N–H and O–H groups in total. The molecule has 1 fully saturated rings. The molecule has 0 saturated carbocycles. The lowest BCUT2D eigenvalue weighted by atomic mass is 10.1. The van der Waals surface area contributed by atoms with Crippen LogP contribution in [-0.2, 0) is 22.5 Å². The van der Waals surface area contributed by atoms with Crippen LogP contribution in [0.1, 0.15) is 11.3 Å². The Morgan fingerprint density at radius 3 is 2.96 bits per heavy atom. The molecule has 0 bridgehead atoms. The van der Waals surface area contributed by atoms with Gasteiger partial charge in [0.25, 0.3) is 0 Å². The van der Waals surface area contributed by atoms with E-state index >= 15 is 0 Å². The summed E-state index contributed by atoms with van der Waals surface area (Å²) >= 11 is 0. The van der Waals surface area contributed by atoms with Gasteiger partial charge in [0.1, 0.15) is 12.6 Å². The Hall–Kier alpha value is -2.83. The summed E-state index contributed by atoms with van der Waals surface area (Å²) in [7, 11) is 0. The van der Waals surface area contributed by atoms with Crippen molar-refractivity contribution < 1.29 is 14.3 Å². The van der Waals surface area contributed by atoms with Gasteiger partial charge in [-0.15, -0.1) is 0 Å². The second-order valence-corrected chi connectivity index (χ2v) is 5.32. The molecular weight excluding hydrogens is 296 g/mol. The Kier molecular flexibility index (Phi) is 4.56. The summed E-state index contributed by atoms with van der Waals surface area (Å²) in [6.07, 6.45) is 3.42. The van der Waals surface area contributed by atoms with Gasteiger partial charge in [-0.1, -0.05) is 30.3 Å². The number of rotatable bonds is 6. The number of imidazole rings is 1. The normalized spacial score (nSPS) is 17.1. The van der Waals surface area contributed by atoms with Crippen molar-refractivity contribution in [2.24, 2.45) is 0 Å². The molecule has 1 aromatic carbocycles. The number of amides is 2. The highest BCUT2D eigenvalue weighted by Crippen LogP contribution is 2.15. The maximum absolute atomic E-state index is 12.3. The molecule has 1 aliphatic heterocycles. The van der Waals surface area contributed by atoms with E-state index in [1.54, 1.807) is 6.20 Å². The van der Waals surface area contributed by atoms with Crippen LogP contribution < -0.4 is 5.32 Å². The van der Waals surface area contributed by atoms with Crippen molar-refractivity contribution in [1.82, 2.24) is 20.2 Å². The molecular formula is C16H18N4O3. The topological polar surface area (TPSA) is 87.3 Å². The molecule has 2 amide bonds. The molecule has 0 radical (unpaired) electrons. The van der Waals surface area contributed by atoms with E-state index in [4.69, 9.17) is 4.74 Å². The monoisotopic (exact) mass is 314 g/mol. The Balaban J connectivity index is 1.54. The van der Waals surface area contributed by atoms with Crippen LogP contribution in [0, 0.1) is 0 Å². The third-order valence-corrected chi connectivity index (χ3v) is 3.73. The molecule has 0 unspecified atom stereocenters. The van der Waals surface area contributed by atoms with Crippen LogP contribution in [0.2, 0.25) is 0 Å². The molecule has 0 aliphatic carbocycles. The maximum Gasteiger partial charge on any atom is 0.411 e. The summed E-state index contributed by atoms with van der Waals surface area (Å²) in [5.41, 5.74) is 1.91. The number of aromatic amines is 1. The van der Waals surface area contributed by atoms with Gasteiger partial charge in [0.05, 0.1) is 18.6 Å². The molecule has 1 aromatic heterocycles. The van der Waals surface area contributed by atoms with E-state index in [1.165, 1.54) is 11.2 Å². The quantitative estimate of drug-likeness (QED) is 0.835. The smallest absolute Gasteiger partial charge is 0.411 e. The van der Waals surface area contributed by atoms with Crippen molar-refractivity contribution in [1.29, 1.82) is 0 Å². The minimum Gasteiger partial charge on any atom is -0.447 e. The highest BCUT2D eigenvalue weighted by atomic mass is 16.6. The molecule has 1 atom stereocenters. The number of hydrogen-bond acceptors (Lipinski definition) is 4. The van der Waals surface area contributed by atoms with Crippen molar-refractivity contribution in [3.63, 3.8) is 0 Å². The second-order valence-electron chi connectivity index (χ2n) is 5.32. The molecule has 2 heterocycles. The van der Waals surface area contributed by atoms with Gasteiger partial charge >= 0.3 is 6.09 Å². The lowest BCUT2D eigenvalue weighted by Crippen LogP contribution is -2.45. The summed E-state index contributed by atoms with van der Waals surface area (Å²) in [6, 6.07) is 9.30. The summed E-state index contributed by atoms with van der Waals surface area (Å²) < 4.78 is 5.00. The van der Waals surface area contributed by atoms with Crippen LogP contribution in [0.3, 0.4) is 0 Å². The Morgan fingerprint density at radius 1 is 1.39 bits per heavy atom. The van der Waals surface area contributed by atoms with Gasteiger partial charge < -0.3 is 15.0 Å². The Labute approximate surface area is 133 Å². The minimum absolute atomic E-state index is 0.0736. The summed E-state index contributed by atoms with van der Waals surface area (Å²) in [6.45, 7) is 0.866. The molecule has 2 aromatic rings. The summed E-state index contributed by atoms with van der Waals surface area (Å²) in [4.78, 5) is 32.3. The van der Waals surface area contributed by atoms with Crippen LogP contribution in [-0.4, -0.2) is 46.1 Å². The van der Waals surface area contributed by atoms with Crippen LogP contribution in [0.5, 0.6) is 0 Å². The number of cyclic esters (lactones) is 1. The zero-order chi connectivity index (χ0) is 16.1. The molecule has 7 nitrogen and oxygen atoms in total. The number of hydrogen-bond donors (Lipinski definition) is 2. The number of nitrogens with one attached hydrogen (secondary N) is 2. The van der Waals surface area contributed by atoms with Gasteiger partial charge in [-0.2, -0.15) is 0 Å². The number of H-pyrrole nitrogens is 1. The lowest BCUT2D eigenvalue weighted by Gasteiger charge is -2.20. The van der Waals surface area contributed by atoms with Crippen molar-refractivity contribution in [2.45, 2.75) is 19.0 Å². The van der Waals surface area contributed by atoms with Gasteiger partial charge in [-0.05, 0) is 12.0 Å². The Bertz CT molecular complexity index is 657. The van der Waals surface area contributed by atoms with Gasteiger partial charge in [0, 0.05) is 12.7 Å². The van der Waals surface area contributed by atoms with Crippen molar-refractivity contribution in [2.75, 3.05) is 13.2 Å². The first-order valence-corrected chi connectivity index (χ1v) is 7.46. The lowest BCUT2D eigenvalue weighted by molar-refractivity contribution is -0.124. The predicted molar refractivity (Wildman–Crippen MR) is 82.4 cm³/mol. The van der Waals surface area contributed by atoms with Crippen molar-refractivity contribution >= 4 is 12.0 Å². The molecule has 3 rings (SSSR count). The first kappa shape index (κ1) is 15.1. The highest BCUT2D eigenvalue weighted by molar-refractivity contribution is 5.87. The fourth-order valence-corrected chi connectivity index (χ4v) is 2.49. The van der Waals surface area contributed by atoms with Gasteiger partial charge in [-0.25, -0.2) is 9.78 Å². The zero-order valence-electron chi connectivity index (χ0n) is 12.6. The zero-order valence-corrected chi connectivity index (χ0v) is 12.6. The van der Waals surface area contributed by atoms with Crippen molar-refractivity contribution in [3.8, 4) is 0 Å². The van der Waals surface area contributed by atoms with Gasteiger partial charge in [0.2, 0.25) is 5.91 Å². The molecule has 1 aliphatic rings. The van der Waals surface area contributed by atoms with Crippen LogP contribution in [0.25, 0.3) is 0 Å². The maximum atomic E-state index is 12.3. The number of benzene rings is 1. The third kappa shape index (κ3) is 3.68. The fourth-order valence-electron chi connectivity index (χ4n) is 2.49. The number of aromatic nitrogens is 2. The Morgan fingerprint density at radius 2 is 2.22 bits per heavy atom. The fraction of sp³-hybridized carbons (Fsp3) is 0.312. The van der Waals surface area contributed by atoms with Gasteiger partial charge in [0.15, 0.2) is 0 Å². The van der Waals surface area contributed by atoms with E-state index < -0.39 is 12.1 Å². The average Bonchev–Trinajstić information content (AvgIpc) is 3.20. The second kappa shape index (κ2) is 6.95. The number of ether oxygens (including phenoxy) is 1. The SMILES string of the molecule is O=C(NCCc1ccccc1)[C@@H]1COC(=O)N1Cc1cnc[nH]1. The summed E-state index contributed by atoms with van der Waals surface area (Å²) in [5, 5.41) is 2.86. The van der Waals surface area contributed by atoms with E-state index in [1.807, 2.05) is 30.3 Å². The first-order valence-electron chi connectivity index (χ1n) is 7.46. The van der Waals surface area contributed by atoms with E-state index in [-0.39, 0.29) is 19.1 Å². The minimum atomic E-state index is -0.610. The van der Waals surface area contributed by atoms with Crippen LogP contribution >= 0.6 is 0 Å². The van der Waals surface area contributed by atoms with E-state index in [2.05, 4.69) is 15.3 Å². The number of carbonyl (C=O) groups excluding carboxylic acids is 2. The summed E-state index contributed by atoms with van der Waals surface area (Å²) in [5.74, 6) is -0.203. The number of nitrogens with zero attached hydrogens (tertiary/aromatic N) is 2. The van der Waals surface area contributed by atoms with Crippen LogP contribution in [0.4, 0.5) is 4.79 Å². The van der Waals surface area contributed by atoms with Crippen LogP contribution in [0.15, 0.2) is 42.9 Å². The van der Waals surface area contributed by atoms with Crippen molar-refractivity contribution in [3.05, 3.63) is 54.1 Å². The molecule has 1 saturated heterocycles. The number of carbonyl (C=O) groups is 2. The molecule has 7 heteroatoms. The van der Waals surface area contributed by atoms with E-state index in [0.29, 0.717) is 6.54 Å². The largest absolute Gasteiger partial charge is 0.447 e. The van der Waals surface area contributed by atoms with E-state index in [0.717, 1.165) is 17.7 Å². The van der Waals surface area contributed by atoms with E-state index in [9.17, 15) is 9.59 Å². The molecule has 0 spiro atoms.